The summed E-state index contributed by atoms with van der Waals surface area (Å²) in [6.07, 6.45) is 1.31. The number of ether oxygens (including phenoxy) is 2. The largest absolute Gasteiger partial charge is 0.493 e. The number of H-pyrrole nitrogens is 1. The lowest BCUT2D eigenvalue weighted by atomic mass is 10.00. The minimum atomic E-state index is -0.430. The first kappa shape index (κ1) is 17.1. The molecule has 0 spiro atoms. The molecule has 1 atom stereocenters. The minimum absolute atomic E-state index is 0.119. The monoisotopic (exact) mass is 342 g/mol. The van der Waals surface area contributed by atoms with Crippen molar-refractivity contribution in [1.82, 2.24) is 10.3 Å². The van der Waals surface area contributed by atoms with Crippen LogP contribution in [0.1, 0.15) is 57.1 Å². The summed E-state index contributed by atoms with van der Waals surface area (Å²) in [7, 11) is 1.34. The Morgan fingerprint density at radius 2 is 2.12 bits per heavy atom. The Balaban J connectivity index is 1.88. The number of rotatable bonds is 4. The van der Waals surface area contributed by atoms with E-state index >= 15 is 0 Å². The third-order valence-corrected chi connectivity index (χ3v) is 4.56. The van der Waals surface area contributed by atoms with Gasteiger partial charge in [-0.15, -0.1) is 0 Å². The smallest absolute Gasteiger partial charge is 0.339 e. The molecule has 2 N–H and O–H groups in total. The number of carbonyl (C=O) groups is 2. The Labute approximate surface area is 146 Å². The molecule has 1 aliphatic heterocycles. The summed E-state index contributed by atoms with van der Waals surface area (Å²) in [5.41, 5.74) is 3.14. The molecule has 1 aromatic carbocycles. The number of hydrogen-bond donors (Lipinski definition) is 2. The van der Waals surface area contributed by atoms with Crippen molar-refractivity contribution in [3.63, 3.8) is 0 Å². The van der Waals surface area contributed by atoms with Crippen LogP contribution in [0.4, 0.5) is 0 Å². The van der Waals surface area contributed by atoms with Gasteiger partial charge in [-0.05, 0) is 25.0 Å². The quantitative estimate of drug-likeness (QED) is 0.837. The van der Waals surface area contributed by atoms with E-state index in [4.69, 9.17) is 9.47 Å². The van der Waals surface area contributed by atoms with Crippen LogP contribution in [-0.4, -0.2) is 30.6 Å². The second kappa shape index (κ2) is 7.01. The van der Waals surface area contributed by atoms with E-state index in [1.54, 1.807) is 6.92 Å². The van der Waals surface area contributed by atoms with Crippen LogP contribution in [0, 0.1) is 6.92 Å². The number of nitrogens with one attached hydrogen (secondary N) is 2. The van der Waals surface area contributed by atoms with Gasteiger partial charge in [0.1, 0.15) is 11.4 Å². The third-order valence-electron chi connectivity index (χ3n) is 4.56. The lowest BCUT2D eigenvalue weighted by molar-refractivity contribution is 0.0599. The number of benzene rings is 1. The predicted molar refractivity (Wildman–Crippen MR) is 93.0 cm³/mol. The first-order valence-corrected chi connectivity index (χ1v) is 8.39. The number of hydrogen-bond acceptors (Lipinski definition) is 4. The van der Waals surface area contributed by atoms with Crippen LogP contribution in [0.2, 0.25) is 0 Å². The van der Waals surface area contributed by atoms with Gasteiger partial charge in [-0.3, -0.25) is 4.79 Å². The summed E-state index contributed by atoms with van der Waals surface area (Å²) in [5.74, 6) is 0.136. The van der Waals surface area contributed by atoms with Crippen LogP contribution in [0.25, 0.3) is 0 Å². The molecule has 0 saturated heterocycles. The van der Waals surface area contributed by atoms with E-state index in [2.05, 4.69) is 10.3 Å². The maximum Gasteiger partial charge on any atom is 0.339 e. The molecule has 0 aliphatic carbocycles. The van der Waals surface area contributed by atoms with Crippen LogP contribution in [0.3, 0.4) is 0 Å². The number of para-hydroxylation sites is 1. The van der Waals surface area contributed by atoms with Crippen molar-refractivity contribution in [2.24, 2.45) is 0 Å². The first-order valence-electron chi connectivity index (χ1n) is 8.39. The molecule has 6 nitrogen and oxygen atoms in total. The van der Waals surface area contributed by atoms with E-state index in [1.807, 2.05) is 31.2 Å². The predicted octanol–water partition coefficient (Wildman–Crippen LogP) is 2.93. The summed E-state index contributed by atoms with van der Waals surface area (Å²) >= 11 is 0. The molecule has 132 valence electrons. The lowest BCUT2D eigenvalue weighted by Gasteiger charge is -2.26. The molecule has 2 aromatic rings. The fraction of sp³-hybridized carbons (Fsp3) is 0.368. The first-order chi connectivity index (χ1) is 12.1. The van der Waals surface area contributed by atoms with Crippen molar-refractivity contribution in [3.8, 4) is 5.75 Å². The average molecular weight is 342 g/mol. The number of aromatic amines is 1. The van der Waals surface area contributed by atoms with Crippen LogP contribution in [-0.2, 0) is 11.2 Å². The summed E-state index contributed by atoms with van der Waals surface area (Å²) in [5, 5.41) is 3.05. The normalized spacial score (nSPS) is 15.9. The molecule has 1 aromatic heterocycles. The Kier molecular flexibility index (Phi) is 4.79. The van der Waals surface area contributed by atoms with Gasteiger partial charge in [-0.25, -0.2) is 4.79 Å². The topological polar surface area (TPSA) is 80.4 Å². The van der Waals surface area contributed by atoms with Crippen molar-refractivity contribution >= 4 is 11.9 Å². The number of esters is 1. The fourth-order valence-corrected chi connectivity index (χ4v) is 3.25. The molecule has 0 radical (unpaired) electrons. The van der Waals surface area contributed by atoms with E-state index < -0.39 is 5.97 Å². The Hall–Kier alpha value is -2.76. The average Bonchev–Trinajstić information content (AvgIpc) is 2.98. The second-order valence-corrected chi connectivity index (χ2v) is 6.02. The number of aryl methyl sites for hydroxylation is 1. The van der Waals surface area contributed by atoms with Crippen molar-refractivity contribution in [3.05, 3.63) is 52.3 Å². The molecular formula is C19H22N2O4. The highest BCUT2D eigenvalue weighted by Crippen LogP contribution is 2.32. The van der Waals surface area contributed by atoms with E-state index in [0.717, 1.165) is 11.3 Å². The number of aromatic nitrogens is 1. The van der Waals surface area contributed by atoms with E-state index in [0.29, 0.717) is 42.0 Å². The van der Waals surface area contributed by atoms with Gasteiger partial charge in [0.15, 0.2) is 0 Å². The summed E-state index contributed by atoms with van der Waals surface area (Å²) < 4.78 is 10.5. The van der Waals surface area contributed by atoms with Gasteiger partial charge in [-0.1, -0.05) is 25.1 Å². The molecule has 25 heavy (non-hydrogen) atoms. The standard InChI is InChI=1S/C19H22N2O4/c1-4-13-16(19(23)24-3)11(2)17(20-13)18(22)21-14-9-10-25-15-8-6-5-7-12(14)15/h5-8,14,20H,4,9-10H2,1-3H3,(H,21,22)/t14-/m0/s1. The highest BCUT2D eigenvalue weighted by molar-refractivity contribution is 6.00. The summed E-state index contributed by atoms with van der Waals surface area (Å²) in [4.78, 5) is 27.9. The zero-order chi connectivity index (χ0) is 18.0. The number of methoxy groups -OCH3 is 1. The van der Waals surface area contributed by atoms with Gasteiger partial charge in [-0.2, -0.15) is 0 Å². The molecule has 1 aliphatic rings. The van der Waals surface area contributed by atoms with Crippen LogP contribution in [0.15, 0.2) is 24.3 Å². The molecule has 3 rings (SSSR count). The van der Waals surface area contributed by atoms with Crippen molar-refractivity contribution in [2.45, 2.75) is 32.7 Å². The van der Waals surface area contributed by atoms with Crippen molar-refractivity contribution in [2.75, 3.05) is 13.7 Å². The van der Waals surface area contributed by atoms with Crippen LogP contribution in [0.5, 0.6) is 5.75 Å². The summed E-state index contributed by atoms with van der Waals surface area (Å²) in [6, 6.07) is 7.58. The summed E-state index contributed by atoms with van der Waals surface area (Å²) in [6.45, 7) is 4.24. The SMILES string of the molecule is CCc1[nH]c(C(=O)N[C@H]2CCOc3ccccc32)c(C)c1C(=O)OC. The number of carbonyl (C=O) groups excluding carboxylic acids is 2. The van der Waals surface area contributed by atoms with E-state index in [1.165, 1.54) is 7.11 Å². The third kappa shape index (κ3) is 3.12. The van der Waals surface area contributed by atoms with Gasteiger partial charge in [0.2, 0.25) is 0 Å². The van der Waals surface area contributed by atoms with Crippen LogP contribution < -0.4 is 10.1 Å². The molecule has 6 heteroatoms. The number of fused-ring (bicyclic) bond motifs is 1. The maximum absolute atomic E-state index is 12.8. The highest BCUT2D eigenvalue weighted by atomic mass is 16.5. The fourth-order valence-electron chi connectivity index (χ4n) is 3.25. The Morgan fingerprint density at radius 1 is 1.36 bits per heavy atom. The molecule has 1 amide bonds. The van der Waals surface area contributed by atoms with Gasteiger partial charge in [0.05, 0.1) is 25.3 Å². The molecule has 2 heterocycles. The van der Waals surface area contributed by atoms with E-state index in [-0.39, 0.29) is 11.9 Å². The van der Waals surface area contributed by atoms with Gasteiger partial charge < -0.3 is 19.8 Å². The molecule has 0 bridgehead atoms. The van der Waals surface area contributed by atoms with Gasteiger partial charge >= 0.3 is 5.97 Å². The number of amides is 1. The Morgan fingerprint density at radius 3 is 2.84 bits per heavy atom. The van der Waals surface area contributed by atoms with E-state index in [9.17, 15) is 9.59 Å². The Bertz CT molecular complexity index is 810. The minimum Gasteiger partial charge on any atom is -0.493 e. The molecular weight excluding hydrogens is 320 g/mol. The maximum atomic E-state index is 12.8. The zero-order valence-corrected chi connectivity index (χ0v) is 14.6. The molecule has 0 saturated carbocycles. The van der Waals surface area contributed by atoms with Gasteiger partial charge in [0, 0.05) is 17.7 Å². The lowest BCUT2D eigenvalue weighted by Crippen LogP contribution is -2.32. The zero-order valence-electron chi connectivity index (χ0n) is 14.6. The second-order valence-electron chi connectivity index (χ2n) is 6.02. The molecule has 0 fully saturated rings. The van der Waals surface area contributed by atoms with Crippen molar-refractivity contribution < 1.29 is 19.1 Å². The highest BCUT2D eigenvalue weighted by Gasteiger charge is 2.27. The molecule has 0 unspecified atom stereocenters. The van der Waals surface area contributed by atoms with Crippen LogP contribution >= 0.6 is 0 Å². The van der Waals surface area contributed by atoms with Crippen molar-refractivity contribution in [1.29, 1.82) is 0 Å². The van der Waals surface area contributed by atoms with Gasteiger partial charge in [0.25, 0.3) is 5.91 Å².